The van der Waals surface area contributed by atoms with E-state index in [1.807, 2.05) is 0 Å². The molecule has 2 rings (SSSR count). The van der Waals surface area contributed by atoms with Crippen molar-refractivity contribution in [3.05, 3.63) is 22.7 Å². The van der Waals surface area contributed by atoms with Crippen LogP contribution in [0.1, 0.15) is 12.6 Å². The third kappa shape index (κ3) is 6.83. The molecule has 2 heterocycles. The molecule has 3 atom stereocenters. The number of phosphoric acid groups is 1. The molecule has 14 nitrogen and oxygen atoms in total. The van der Waals surface area contributed by atoms with Gasteiger partial charge >= 0.3 is 25.4 Å². The Labute approximate surface area is 178 Å². The Morgan fingerprint density at radius 3 is 2.69 bits per heavy atom. The molecular formula is C15H21F2N4O10P. The number of carbonyl (C=O) groups is 2. The minimum absolute atomic E-state index is 0.0275. The molecule has 0 saturated carbocycles. The van der Waals surface area contributed by atoms with Gasteiger partial charge < -0.3 is 35.0 Å². The highest BCUT2D eigenvalue weighted by molar-refractivity contribution is 7.46. The first-order valence-corrected chi connectivity index (χ1v) is 10.5. The van der Waals surface area contributed by atoms with Gasteiger partial charge in [-0.1, -0.05) is 0 Å². The molecule has 1 saturated heterocycles. The monoisotopic (exact) mass is 486 g/mol. The van der Waals surface area contributed by atoms with Gasteiger partial charge in [0.1, 0.15) is 11.9 Å². The van der Waals surface area contributed by atoms with Crippen molar-refractivity contribution in [3.8, 4) is 0 Å². The van der Waals surface area contributed by atoms with E-state index in [2.05, 4.69) is 20.1 Å². The zero-order valence-electron chi connectivity index (χ0n) is 16.5. The van der Waals surface area contributed by atoms with Gasteiger partial charge in [0.2, 0.25) is 6.23 Å². The van der Waals surface area contributed by atoms with Crippen LogP contribution in [0.15, 0.2) is 17.1 Å². The highest BCUT2D eigenvalue weighted by atomic mass is 31.2. The molecule has 17 heteroatoms. The predicted octanol–water partition coefficient (Wildman–Crippen LogP) is -1.66. The van der Waals surface area contributed by atoms with Crippen molar-refractivity contribution in [3.63, 3.8) is 0 Å². The Bertz CT molecular complexity index is 939. The van der Waals surface area contributed by atoms with Gasteiger partial charge in [-0.2, -0.15) is 13.8 Å². The fourth-order valence-electron chi connectivity index (χ4n) is 2.56. The molecule has 1 fully saturated rings. The zero-order chi connectivity index (χ0) is 24.1. The summed E-state index contributed by atoms with van der Waals surface area (Å²) in [4.78, 5) is 56.0. The summed E-state index contributed by atoms with van der Waals surface area (Å²) in [7, 11) is -3.40. The van der Waals surface area contributed by atoms with Gasteiger partial charge in [0, 0.05) is 12.7 Å². The lowest BCUT2D eigenvalue weighted by Crippen LogP contribution is -2.42. The number of nitrogens with zero attached hydrogens (tertiary/aromatic N) is 2. The second-order valence-corrected chi connectivity index (χ2v) is 7.74. The first-order chi connectivity index (χ1) is 14.8. The second-order valence-electron chi connectivity index (χ2n) is 6.50. The lowest BCUT2D eigenvalue weighted by atomic mass is 10.1. The fraction of sp³-hybridized carbons (Fsp3) is 0.600. The number of alkyl halides is 2. The van der Waals surface area contributed by atoms with Gasteiger partial charge in [0.05, 0.1) is 13.0 Å². The van der Waals surface area contributed by atoms with E-state index in [1.165, 1.54) is 0 Å². The Kier molecular flexibility index (Phi) is 8.53. The molecule has 1 aromatic heterocycles. The topological polar surface area (TPSA) is 199 Å². The third-order valence-electron chi connectivity index (χ3n) is 4.08. The Morgan fingerprint density at radius 1 is 1.41 bits per heavy atom. The summed E-state index contributed by atoms with van der Waals surface area (Å²) in [5, 5.41) is 14.6. The number of ether oxygens (including phenoxy) is 2. The van der Waals surface area contributed by atoms with Gasteiger partial charge in [0.25, 0.3) is 5.91 Å². The van der Waals surface area contributed by atoms with E-state index in [0.29, 0.717) is 11.1 Å². The summed E-state index contributed by atoms with van der Waals surface area (Å²) in [6, 6.07) is 0.980. The normalized spacial score (nSPS) is 22.5. The summed E-state index contributed by atoms with van der Waals surface area (Å²) in [5.41, 5.74) is -1.29. The van der Waals surface area contributed by atoms with Crippen molar-refractivity contribution in [1.29, 1.82) is 0 Å². The molecule has 0 unspecified atom stereocenters. The molecule has 0 aromatic carbocycles. The minimum atomic E-state index is -5.02. The summed E-state index contributed by atoms with van der Waals surface area (Å²) >= 11 is 0. The van der Waals surface area contributed by atoms with Crippen molar-refractivity contribution in [2.75, 3.05) is 32.1 Å². The molecule has 32 heavy (non-hydrogen) atoms. The maximum absolute atomic E-state index is 14.4. The second kappa shape index (κ2) is 10.5. The average Bonchev–Trinajstić information content (AvgIpc) is 2.92. The molecule has 1 amide bonds. The zero-order valence-corrected chi connectivity index (χ0v) is 17.4. The van der Waals surface area contributed by atoms with Crippen LogP contribution < -0.4 is 16.3 Å². The number of phosphoric ester groups is 1. The Morgan fingerprint density at radius 2 is 2.09 bits per heavy atom. The number of hydrogen-bond acceptors (Lipinski definition) is 10. The fourth-order valence-corrected chi connectivity index (χ4v) is 2.90. The number of aromatic nitrogens is 2. The predicted molar refractivity (Wildman–Crippen MR) is 99.5 cm³/mol. The standard InChI is InChI=1S/C15H21F2N4O10P/c1-18-4-2-11(23)29-7-10(22)19-9-3-5-21(14(25)20-9)13-15(16,17)12(24)8(31-13)6-30-32(26,27)28/h3,5,8,12-13,18,24H,2,4,6-7H2,1H3,(H2,26,27,28)(H,19,20,22,25)/t8-,12-,13-/m1/s1. The number of nitrogens with one attached hydrogen (secondary N) is 2. The van der Waals surface area contributed by atoms with Crippen LogP contribution in [0.5, 0.6) is 0 Å². The molecule has 180 valence electrons. The first-order valence-electron chi connectivity index (χ1n) is 8.96. The molecule has 0 spiro atoms. The highest BCUT2D eigenvalue weighted by Crippen LogP contribution is 2.44. The van der Waals surface area contributed by atoms with E-state index >= 15 is 0 Å². The van der Waals surface area contributed by atoms with Crippen LogP contribution in [-0.2, 0) is 28.2 Å². The van der Waals surface area contributed by atoms with Crippen LogP contribution in [0.25, 0.3) is 0 Å². The van der Waals surface area contributed by atoms with Crippen LogP contribution in [0.4, 0.5) is 14.6 Å². The number of aliphatic hydroxyl groups excluding tert-OH is 1. The van der Waals surface area contributed by atoms with Crippen molar-refractivity contribution in [1.82, 2.24) is 14.9 Å². The van der Waals surface area contributed by atoms with Crippen molar-refractivity contribution in [2.24, 2.45) is 0 Å². The molecule has 1 aliphatic heterocycles. The van der Waals surface area contributed by atoms with Gasteiger partial charge in [-0.3, -0.25) is 18.7 Å². The molecule has 1 aliphatic rings. The number of hydrogen-bond donors (Lipinski definition) is 5. The number of amides is 1. The van der Waals surface area contributed by atoms with Gasteiger partial charge in [-0.25, -0.2) is 9.36 Å². The van der Waals surface area contributed by atoms with E-state index in [0.717, 1.165) is 12.3 Å². The summed E-state index contributed by atoms with van der Waals surface area (Å²) in [5.74, 6) is -5.85. The van der Waals surface area contributed by atoms with Crippen LogP contribution in [0.3, 0.4) is 0 Å². The van der Waals surface area contributed by atoms with Crippen molar-refractivity contribution >= 4 is 25.5 Å². The van der Waals surface area contributed by atoms with E-state index in [1.54, 1.807) is 7.05 Å². The number of esters is 1. The van der Waals surface area contributed by atoms with E-state index in [4.69, 9.17) is 19.3 Å². The summed E-state index contributed by atoms with van der Waals surface area (Å²) < 4.78 is 53.5. The number of halogens is 2. The van der Waals surface area contributed by atoms with Crippen LogP contribution in [0.2, 0.25) is 0 Å². The third-order valence-corrected chi connectivity index (χ3v) is 4.57. The van der Waals surface area contributed by atoms with Gasteiger partial charge in [-0.05, 0) is 13.1 Å². The molecule has 0 radical (unpaired) electrons. The van der Waals surface area contributed by atoms with E-state index < -0.39 is 63.0 Å². The maximum atomic E-state index is 14.4. The van der Waals surface area contributed by atoms with Crippen molar-refractivity contribution in [2.45, 2.75) is 30.8 Å². The summed E-state index contributed by atoms with van der Waals surface area (Å²) in [6.07, 6.45) is -5.92. The number of aliphatic hydroxyl groups is 1. The van der Waals surface area contributed by atoms with Gasteiger partial charge in [0.15, 0.2) is 12.7 Å². The van der Waals surface area contributed by atoms with E-state index in [-0.39, 0.29) is 12.2 Å². The Balaban J connectivity index is 2.04. The molecule has 0 bridgehead atoms. The largest absolute Gasteiger partial charge is 0.469 e. The number of rotatable bonds is 10. The van der Waals surface area contributed by atoms with Crippen LogP contribution in [0, 0.1) is 0 Å². The minimum Gasteiger partial charge on any atom is -0.456 e. The summed E-state index contributed by atoms with van der Waals surface area (Å²) in [6.45, 7) is -1.39. The SMILES string of the molecule is CNCCC(=O)OCC(=O)Nc1ccn([C@@H]2O[C@H](COP(=O)(O)O)[C@@H](O)C2(F)F)c(=O)n1. The van der Waals surface area contributed by atoms with Crippen LogP contribution >= 0.6 is 7.82 Å². The molecule has 0 aliphatic carbocycles. The number of carbonyl (C=O) groups excluding carboxylic acids is 2. The number of anilines is 1. The lowest BCUT2D eigenvalue weighted by Gasteiger charge is -2.21. The van der Waals surface area contributed by atoms with Crippen LogP contribution in [-0.4, -0.2) is 81.3 Å². The Hall–Kier alpha value is -2.33. The molecular weight excluding hydrogens is 465 g/mol. The average molecular weight is 486 g/mol. The highest BCUT2D eigenvalue weighted by Gasteiger charge is 2.60. The maximum Gasteiger partial charge on any atom is 0.469 e. The quantitative estimate of drug-likeness (QED) is 0.187. The molecule has 1 aromatic rings. The first kappa shape index (κ1) is 25.9. The smallest absolute Gasteiger partial charge is 0.456 e. The van der Waals surface area contributed by atoms with E-state index in [9.17, 15) is 32.8 Å². The van der Waals surface area contributed by atoms with Gasteiger partial charge in [-0.15, -0.1) is 0 Å². The van der Waals surface area contributed by atoms with Crippen molar-refractivity contribution < 1.29 is 51.8 Å². The lowest BCUT2D eigenvalue weighted by molar-refractivity contribution is -0.147. The molecule has 5 N–H and O–H groups in total.